The van der Waals surface area contributed by atoms with Crippen molar-refractivity contribution in [2.45, 2.75) is 25.0 Å². The van der Waals surface area contributed by atoms with Gasteiger partial charge in [-0.3, -0.25) is 4.98 Å². The van der Waals surface area contributed by atoms with Crippen LogP contribution in [0, 0.1) is 5.41 Å². The van der Waals surface area contributed by atoms with Crippen LogP contribution in [-0.2, 0) is 16.3 Å². The molecule has 0 radical (unpaired) electrons. The Balaban J connectivity index is 0.000000472. The summed E-state index contributed by atoms with van der Waals surface area (Å²) < 4.78 is 0. The first kappa shape index (κ1) is 21.2. The third-order valence-corrected chi connectivity index (χ3v) is 4.74. The zero-order valence-corrected chi connectivity index (χ0v) is 15.5. The topological polar surface area (TPSA) is 12.9 Å². The molecule has 1 unspecified atom stereocenters. The third-order valence-electron chi connectivity index (χ3n) is 3.58. The molecule has 4 heteroatoms. The van der Waals surface area contributed by atoms with Crippen molar-refractivity contribution in [3.8, 4) is 0 Å². The van der Waals surface area contributed by atoms with E-state index in [2.05, 4.69) is 71.5 Å². The molecular formula is C18H20Cl2CrN. The van der Waals surface area contributed by atoms with Gasteiger partial charge in [0.05, 0.1) is 0 Å². The van der Waals surface area contributed by atoms with Gasteiger partial charge in [-0.05, 0) is 12.1 Å². The van der Waals surface area contributed by atoms with Gasteiger partial charge in [-0.15, -0.1) is 0 Å². The monoisotopic (exact) mass is 372 g/mol. The average molecular weight is 373 g/mol. The summed E-state index contributed by atoms with van der Waals surface area (Å²) in [6, 6.07) is 14.4. The van der Waals surface area contributed by atoms with E-state index >= 15 is 0 Å². The molecule has 22 heavy (non-hydrogen) atoms. The normalized spacial score (nSPS) is 14.7. The van der Waals surface area contributed by atoms with Crippen molar-refractivity contribution in [1.29, 1.82) is 0 Å². The minimum Gasteiger partial charge on any atom is -1.00 e. The van der Waals surface area contributed by atoms with E-state index in [4.69, 9.17) is 0 Å². The largest absolute Gasteiger partial charge is 1.00 e. The molecule has 1 atom stereocenters. The van der Waals surface area contributed by atoms with Crippen molar-refractivity contribution in [3.05, 3.63) is 72.1 Å². The van der Waals surface area contributed by atoms with E-state index in [9.17, 15) is 0 Å². The Bertz CT molecular complexity index is 544. The summed E-state index contributed by atoms with van der Waals surface area (Å²) in [5.74, 6) is 0.569. The average Bonchev–Trinajstić information content (AvgIpc) is 2.94. The maximum Gasteiger partial charge on any atom is 0.0267 e. The Labute approximate surface area is 154 Å². The molecule has 1 aliphatic rings. The molecule has 1 aliphatic carbocycles. The Morgan fingerprint density at radius 3 is 2.14 bits per heavy atom. The smallest absolute Gasteiger partial charge is 0.0267 e. The van der Waals surface area contributed by atoms with Gasteiger partial charge in [0, 0.05) is 12.4 Å². The Hall–Kier alpha value is -0.778. The summed E-state index contributed by atoms with van der Waals surface area (Å²) in [6.07, 6.45) is 8.08. The number of nitrogens with zero attached hydrogens (tertiary/aromatic N) is 1. The number of fused-ring (bicyclic) bond motifs is 1. The third kappa shape index (κ3) is 5.45. The molecule has 1 nitrogen and oxygen atoms in total. The van der Waals surface area contributed by atoms with Crippen LogP contribution in [0.25, 0.3) is 6.08 Å². The molecule has 1 heterocycles. The second kappa shape index (κ2) is 10.1. The Morgan fingerprint density at radius 1 is 1.00 bits per heavy atom. The molecule has 0 saturated carbocycles. The van der Waals surface area contributed by atoms with Crippen LogP contribution in [0.5, 0.6) is 0 Å². The summed E-state index contributed by atoms with van der Waals surface area (Å²) in [6.45, 7) is 4.64. The molecule has 0 bridgehead atoms. The van der Waals surface area contributed by atoms with Crippen LogP contribution in [0.15, 0.2) is 60.9 Å². The molecular weight excluding hydrogens is 353 g/mol. The van der Waals surface area contributed by atoms with Crippen LogP contribution in [0.1, 0.15) is 30.9 Å². The van der Waals surface area contributed by atoms with Crippen LogP contribution in [0.2, 0.25) is 5.28 Å². The van der Waals surface area contributed by atoms with E-state index < -0.39 is 0 Å². The number of aromatic nitrogens is 1. The summed E-state index contributed by atoms with van der Waals surface area (Å²) in [5, 5.41) is 1.09. The van der Waals surface area contributed by atoms with Crippen molar-refractivity contribution in [2.75, 3.05) is 0 Å². The van der Waals surface area contributed by atoms with Crippen LogP contribution < -0.4 is 24.8 Å². The quantitative estimate of drug-likeness (QED) is 0.650. The number of halogens is 2. The molecule has 0 N–H and O–H groups in total. The zero-order chi connectivity index (χ0) is 14.4. The molecule has 1 aromatic carbocycles. The van der Waals surface area contributed by atoms with E-state index in [1.807, 2.05) is 18.2 Å². The minimum atomic E-state index is 0. The van der Waals surface area contributed by atoms with Gasteiger partial charge in [0.15, 0.2) is 0 Å². The molecule has 0 fully saturated rings. The summed E-state index contributed by atoms with van der Waals surface area (Å²) in [7, 11) is 0. The number of rotatable bonds is 2. The first-order chi connectivity index (χ1) is 9.65. The molecule has 0 saturated heterocycles. The second-order valence-electron chi connectivity index (χ2n) is 5.62. The van der Waals surface area contributed by atoms with Crippen molar-refractivity contribution in [2.24, 2.45) is 5.41 Å². The predicted molar refractivity (Wildman–Crippen MR) is 81.0 cm³/mol. The van der Waals surface area contributed by atoms with E-state index in [0.717, 1.165) is 5.28 Å². The van der Waals surface area contributed by atoms with Gasteiger partial charge in [-0.25, -0.2) is 0 Å². The number of hydrogen-bond acceptors (Lipinski definition) is 1. The van der Waals surface area contributed by atoms with E-state index in [-0.39, 0.29) is 24.8 Å². The number of pyridine rings is 1. The van der Waals surface area contributed by atoms with E-state index in [1.165, 1.54) is 11.1 Å². The van der Waals surface area contributed by atoms with Crippen molar-refractivity contribution in [3.63, 3.8) is 0 Å². The predicted octanol–water partition coefficient (Wildman–Crippen LogP) is -1.12. The number of hydrogen-bond donors (Lipinski definition) is 0. The van der Waals surface area contributed by atoms with Gasteiger partial charge in [0.25, 0.3) is 0 Å². The number of benzene rings is 1. The van der Waals surface area contributed by atoms with Crippen LogP contribution in [-0.4, -0.2) is 4.98 Å². The van der Waals surface area contributed by atoms with Crippen molar-refractivity contribution < 1.29 is 41.1 Å². The van der Waals surface area contributed by atoms with Gasteiger partial charge in [0.2, 0.25) is 0 Å². The van der Waals surface area contributed by atoms with E-state index in [1.54, 1.807) is 12.4 Å². The van der Waals surface area contributed by atoms with Crippen LogP contribution >= 0.6 is 0 Å². The Morgan fingerprint density at radius 2 is 1.64 bits per heavy atom. The van der Waals surface area contributed by atoms with E-state index in [0.29, 0.717) is 11.3 Å². The SMILES string of the molecule is CC(C)([CH2][Cr+2])C1C=Cc2ccccc21.[Cl-].[Cl-].c1ccncc1. The van der Waals surface area contributed by atoms with Gasteiger partial charge in [-0.2, -0.15) is 0 Å². The standard InChI is InChI=1S/C13H15.C5H5N.2ClH.Cr/c1-13(2,3)12-9-8-10-6-4-5-7-11(10)12;1-2-4-6-5-3-1;;;/h4-9,12H,1H2,2-3H3;1-5H;2*1H;/q;;;;+2/p-2. The van der Waals surface area contributed by atoms with Gasteiger partial charge >= 0.3 is 94.3 Å². The molecule has 0 spiro atoms. The van der Waals surface area contributed by atoms with Gasteiger partial charge in [-0.1, -0.05) is 6.07 Å². The first-order valence-electron chi connectivity index (χ1n) is 6.85. The number of allylic oxidation sites excluding steroid dienone is 1. The zero-order valence-electron chi connectivity index (χ0n) is 12.7. The summed E-state index contributed by atoms with van der Waals surface area (Å²) in [5.41, 5.74) is 3.19. The van der Waals surface area contributed by atoms with Gasteiger partial charge in [0.1, 0.15) is 0 Å². The Kier molecular flexibility index (Phi) is 9.73. The fraction of sp³-hybridized carbons (Fsp3) is 0.278. The molecule has 0 amide bonds. The maximum absolute atomic E-state index is 3.78. The second-order valence-corrected chi connectivity index (χ2v) is 6.07. The van der Waals surface area contributed by atoms with Crippen molar-refractivity contribution >= 4 is 6.08 Å². The molecule has 1 aromatic heterocycles. The first-order valence-corrected chi connectivity index (χ1v) is 7.75. The fourth-order valence-corrected chi connectivity index (χ4v) is 2.61. The van der Waals surface area contributed by atoms with Crippen LogP contribution in [0.3, 0.4) is 0 Å². The molecule has 117 valence electrons. The summed E-state index contributed by atoms with van der Waals surface area (Å²) >= 11 is 3.16. The summed E-state index contributed by atoms with van der Waals surface area (Å²) in [4.78, 5) is 3.78. The molecule has 0 aliphatic heterocycles. The maximum atomic E-state index is 3.78. The van der Waals surface area contributed by atoms with Crippen LogP contribution in [0.4, 0.5) is 0 Å². The fourth-order valence-electron chi connectivity index (χ4n) is 2.33. The van der Waals surface area contributed by atoms with Crippen molar-refractivity contribution in [1.82, 2.24) is 4.98 Å². The minimum absolute atomic E-state index is 0. The molecule has 2 aromatic rings. The molecule has 3 rings (SSSR count). The van der Waals surface area contributed by atoms with Gasteiger partial charge < -0.3 is 24.8 Å².